The van der Waals surface area contributed by atoms with Crippen LogP contribution in [0.4, 0.5) is 0 Å². The second-order valence-corrected chi connectivity index (χ2v) is 6.27. The summed E-state index contributed by atoms with van der Waals surface area (Å²) in [6.07, 6.45) is 9.66. The van der Waals surface area contributed by atoms with Crippen LogP contribution >= 0.6 is 0 Å². The van der Waals surface area contributed by atoms with E-state index in [-0.39, 0.29) is 5.78 Å². The van der Waals surface area contributed by atoms with Crippen molar-refractivity contribution in [2.75, 3.05) is 6.61 Å². The highest BCUT2D eigenvalue weighted by Gasteiger charge is 2.09. The summed E-state index contributed by atoms with van der Waals surface area (Å²) in [4.78, 5) is 22.2. The summed E-state index contributed by atoms with van der Waals surface area (Å²) in [6.45, 7) is 3.34. The number of ether oxygens (including phenoxy) is 1. The zero-order valence-corrected chi connectivity index (χ0v) is 14.8. The molecule has 5 heteroatoms. The van der Waals surface area contributed by atoms with Crippen molar-refractivity contribution in [3.8, 4) is 0 Å². The molecule has 0 spiro atoms. The lowest BCUT2D eigenvalue weighted by atomic mass is 10.0. The van der Waals surface area contributed by atoms with Gasteiger partial charge in [0.05, 0.1) is 6.61 Å². The standard InChI is InChI=1S/C18H34O5/c1-15(19)17(21)13-11-9-7-5-3-4-6-8-10-12-14-23-18(22)16(2)20/h15-16,19-20H,3-14H2,1-2H3. The molecule has 0 heterocycles. The van der Waals surface area contributed by atoms with Gasteiger partial charge in [-0.25, -0.2) is 4.79 Å². The molecule has 23 heavy (non-hydrogen) atoms. The predicted molar refractivity (Wildman–Crippen MR) is 90.1 cm³/mol. The number of rotatable bonds is 15. The molecular formula is C18H34O5. The number of ketones is 1. The molecule has 0 aliphatic heterocycles. The Morgan fingerprint density at radius 3 is 1.61 bits per heavy atom. The first kappa shape index (κ1) is 22.1. The van der Waals surface area contributed by atoms with Gasteiger partial charge in [0.1, 0.15) is 12.2 Å². The Balaban J connectivity index is 3.17. The Morgan fingerprint density at radius 2 is 1.17 bits per heavy atom. The Labute approximate surface area is 140 Å². The molecule has 0 rings (SSSR count). The number of Topliss-reactive ketones (excluding diaryl/α,β-unsaturated/α-hetero) is 1. The van der Waals surface area contributed by atoms with Gasteiger partial charge in [-0.15, -0.1) is 0 Å². The van der Waals surface area contributed by atoms with Crippen LogP contribution < -0.4 is 0 Å². The number of aliphatic hydroxyl groups excluding tert-OH is 2. The molecule has 0 aromatic rings. The van der Waals surface area contributed by atoms with E-state index < -0.39 is 18.2 Å². The van der Waals surface area contributed by atoms with Crippen LogP contribution in [0.3, 0.4) is 0 Å². The van der Waals surface area contributed by atoms with Crippen molar-refractivity contribution in [2.24, 2.45) is 0 Å². The molecule has 0 radical (unpaired) electrons. The molecule has 136 valence electrons. The average Bonchev–Trinajstić information content (AvgIpc) is 2.50. The lowest BCUT2D eigenvalue weighted by Crippen LogP contribution is -2.19. The average molecular weight is 330 g/mol. The molecule has 2 N–H and O–H groups in total. The van der Waals surface area contributed by atoms with Crippen LogP contribution in [-0.2, 0) is 14.3 Å². The number of hydrogen-bond donors (Lipinski definition) is 2. The van der Waals surface area contributed by atoms with Gasteiger partial charge in [0.15, 0.2) is 5.78 Å². The van der Waals surface area contributed by atoms with Gasteiger partial charge >= 0.3 is 5.97 Å². The lowest BCUT2D eigenvalue weighted by Gasteiger charge is -2.06. The first-order valence-electron chi connectivity index (χ1n) is 9.00. The summed E-state index contributed by atoms with van der Waals surface area (Å²) >= 11 is 0. The van der Waals surface area contributed by atoms with E-state index in [1.165, 1.54) is 39.5 Å². The van der Waals surface area contributed by atoms with Crippen molar-refractivity contribution >= 4 is 11.8 Å². The summed E-state index contributed by atoms with van der Waals surface area (Å²) in [5, 5.41) is 18.0. The Hall–Kier alpha value is -0.940. The van der Waals surface area contributed by atoms with Crippen LogP contribution in [0.15, 0.2) is 0 Å². The fraction of sp³-hybridized carbons (Fsp3) is 0.889. The summed E-state index contributed by atoms with van der Waals surface area (Å²) in [6, 6.07) is 0. The molecule has 0 amide bonds. The zero-order valence-electron chi connectivity index (χ0n) is 14.8. The monoisotopic (exact) mass is 330 g/mol. The normalized spacial score (nSPS) is 13.6. The number of unbranched alkanes of at least 4 members (excludes halogenated alkanes) is 9. The Kier molecular flexibility index (Phi) is 14.0. The van der Waals surface area contributed by atoms with Gasteiger partial charge in [-0.2, -0.15) is 0 Å². The molecule has 0 aliphatic rings. The van der Waals surface area contributed by atoms with E-state index in [2.05, 4.69) is 0 Å². The van der Waals surface area contributed by atoms with Gasteiger partial charge in [0, 0.05) is 6.42 Å². The van der Waals surface area contributed by atoms with E-state index >= 15 is 0 Å². The van der Waals surface area contributed by atoms with Crippen molar-refractivity contribution in [1.82, 2.24) is 0 Å². The van der Waals surface area contributed by atoms with Crippen LogP contribution in [0.5, 0.6) is 0 Å². The quantitative estimate of drug-likeness (QED) is 0.356. The van der Waals surface area contributed by atoms with Crippen molar-refractivity contribution < 1.29 is 24.5 Å². The minimum Gasteiger partial charge on any atom is -0.464 e. The molecule has 0 aromatic carbocycles. The molecule has 2 atom stereocenters. The lowest BCUT2D eigenvalue weighted by molar-refractivity contribution is -0.152. The van der Waals surface area contributed by atoms with Crippen LogP contribution in [0, 0.1) is 0 Å². The van der Waals surface area contributed by atoms with Gasteiger partial charge in [0.2, 0.25) is 0 Å². The second-order valence-electron chi connectivity index (χ2n) is 6.27. The van der Waals surface area contributed by atoms with Gasteiger partial charge in [-0.1, -0.05) is 51.4 Å². The van der Waals surface area contributed by atoms with Crippen molar-refractivity contribution in [3.05, 3.63) is 0 Å². The third-order valence-corrected chi connectivity index (χ3v) is 3.87. The number of carbonyl (C=O) groups excluding carboxylic acids is 2. The van der Waals surface area contributed by atoms with E-state index in [4.69, 9.17) is 14.9 Å². The van der Waals surface area contributed by atoms with Crippen molar-refractivity contribution in [1.29, 1.82) is 0 Å². The van der Waals surface area contributed by atoms with E-state index in [9.17, 15) is 9.59 Å². The SMILES string of the molecule is CC(O)C(=O)CCCCCCCCCCCCOC(=O)C(C)O. The number of carbonyl (C=O) groups is 2. The molecule has 0 fully saturated rings. The number of aliphatic hydroxyl groups is 2. The van der Waals surface area contributed by atoms with Crippen molar-refractivity contribution in [3.63, 3.8) is 0 Å². The zero-order chi connectivity index (χ0) is 17.5. The third kappa shape index (κ3) is 14.4. The summed E-state index contributed by atoms with van der Waals surface area (Å²) in [5.74, 6) is -0.593. The minimum atomic E-state index is -1.03. The fourth-order valence-corrected chi connectivity index (χ4v) is 2.32. The fourth-order valence-electron chi connectivity index (χ4n) is 2.32. The molecular weight excluding hydrogens is 296 g/mol. The van der Waals surface area contributed by atoms with Crippen LogP contribution in [0.1, 0.15) is 84.5 Å². The Bertz CT molecular complexity index is 283. The summed E-state index contributed by atoms with van der Waals surface area (Å²) in [5.41, 5.74) is 0. The highest BCUT2D eigenvalue weighted by Crippen LogP contribution is 2.12. The predicted octanol–water partition coefficient (Wildman–Crippen LogP) is 3.15. The molecule has 0 saturated carbocycles. The van der Waals surface area contributed by atoms with Crippen molar-refractivity contribution in [2.45, 2.75) is 96.7 Å². The van der Waals surface area contributed by atoms with E-state index in [1.807, 2.05) is 0 Å². The maximum absolute atomic E-state index is 11.2. The van der Waals surface area contributed by atoms with Gasteiger partial charge in [0.25, 0.3) is 0 Å². The number of esters is 1. The first-order chi connectivity index (χ1) is 10.9. The maximum Gasteiger partial charge on any atom is 0.334 e. The molecule has 0 aliphatic carbocycles. The van der Waals surface area contributed by atoms with Gasteiger partial charge < -0.3 is 14.9 Å². The highest BCUT2D eigenvalue weighted by atomic mass is 16.5. The first-order valence-corrected chi connectivity index (χ1v) is 9.00. The van der Waals surface area contributed by atoms with E-state index in [0.717, 1.165) is 38.5 Å². The maximum atomic E-state index is 11.2. The number of hydrogen-bond acceptors (Lipinski definition) is 5. The minimum absolute atomic E-state index is 0.0517. The largest absolute Gasteiger partial charge is 0.464 e. The van der Waals surface area contributed by atoms with E-state index in [0.29, 0.717) is 13.0 Å². The third-order valence-electron chi connectivity index (χ3n) is 3.87. The highest BCUT2D eigenvalue weighted by molar-refractivity contribution is 5.82. The Morgan fingerprint density at radius 1 is 0.739 bits per heavy atom. The van der Waals surface area contributed by atoms with Crippen LogP contribution in [0.2, 0.25) is 0 Å². The van der Waals surface area contributed by atoms with Crippen LogP contribution in [0.25, 0.3) is 0 Å². The second kappa shape index (κ2) is 14.6. The molecule has 2 unspecified atom stereocenters. The van der Waals surface area contributed by atoms with Crippen LogP contribution in [-0.4, -0.2) is 40.8 Å². The molecule has 0 saturated heterocycles. The smallest absolute Gasteiger partial charge is 0.334 e. The molecule has 0 aromatic heterocycles. The van der Waals surface area contributed by atoms with Gasteiger partial charge in [-0.05, 0) is 26.7 Å². The molecule has 5 nitrogen and oxygen atoms in total. The molecule has 0 bridgehead atoms. The van der Waals surface area contributed by atoms with E-state index in [1.54, 1.807) is 0 Å². The summed E-state index contributed by atoms with van der Waals surface area (Å²) < 4.78 is 4.89. The van der Waals surface area contributed by atoms with Gasteiger partial charge in [-0.3, -0.25) is 4.79 Å². The topological polar surface area (TPSA) is 83.8 Å². The summed E-state index contributed by atoms with van der Waals surface area (Å²) in [7, 11) is 0.